The van der Waals surface area contributed by atoms with Gasteiger partial charge in [-0.3, -0.25) is 9.13 Å². The van der Waals surface area contributed by atoms with Gasteiger partial charge in [-0.05, 0) is 0 Å². The van der Waals surface area contributed by atoms with Gasteiger partial charge >= 0.3 is 5.92 Å². The van der Waals surface area contributed by atoms with Gasteiger partial charge in [0.2, 0.25) is 0 Å². The molecule has 0 aromatic carbocycles. The fourth-order valence-electron chi connectivity index (χ4n) is 5.02. The molecular weight excluding hydrogens is 564 g/mol. The van der Waals surface area contributed by atoms with E-state index in [0.717, 1.165) is 34.4 Å². The maximum absolute atomic E-state index is 15.4. The highest BCUT2D eigenvalue weighted by atomic mass is 19.3. The first-order valence-corrected chi connectivity index (χ1v) is 12.0. The molecule has 20 heteroatoms. The van der Waals surface area contributed by atoms with Crippen molar-refractivity contribution in [1.82, 2.24) is 39.0 Å². The molecule has 2 fully saturated rings. The normalized spacial score (nSPS) is 32.2. The number of imidazole rings is 2. The molecule has 0 bridgehead atoms. The molecule has 0 spiro atoms. The Bertz CT molecular complexity index is 1480. The Labute approximate surface area is 225 Å². The molecule has 2 aliphatic rings. The van der Waals surface area contributed by atoms with E-state index in [2.05, 4.69) is 29.9 Å². The summed E-state index contributed by atoms with van der Waals surface area (Å²) < 4.78 is 73.5. The summed E-state index contributed by atoms with van der Waals surface area (Å²) in [5.74, 6) is -4.79. The van der Waals surface area contributed by atoms with Crippen molar-refractivity contribution in [1.29, 1.82) is 0 Å². The molecule has 2 unspecified atom stereocenters. The second kappa shape index (κ2) is 9.63. The predicted molar refractivity (Wildman–Crippen MR) is 126 cm³/mol. The lowest BCUT2D eigenvalue weighted by atomic mass is 9.93. The van der Waals surface area contributed by atoms with Gasteiger partial charge in [0.15, 0.2) is 47.7 Å². The monoisotopic (exact) mass is 586 g/mol. The molecule has 8 N–H and O–H groups in total. The van der Waals surface area contributed by atoms with E-state index in [1.807, 2.05) is 0 Å². The van der Waals surface area contributed by atoms with E-state index in [9.17, 15) is 20.4 Å². The SMILES string of the molecule is Nc1ncnc2c1ncn2[C@@H]1O[C@H](C(O)C(F)(F)C(O)[C@H]2O[C@@H](n3cnc4c(N)ncnc43)[C@H](O)[C@@H]2F)[C@@H](F)[C@H]1O. The fourth-order valence-corrected chi connectivity index (χ4v) is 5.02. The second-order valence-electron chi connectivity index (χ2n) is 9.58. The molecule has 10 atom stereocenters. The number of aliphatic hydroxyl groups is 4. The fraction of sp³-hybridized carbons (Fsp3) is 0.524. The molecule has 220 valence electrons. The zero-order valence-electron chi connectivity index (χ0n) is 20.4. The number of anilines is 2. The molecule has 0 saturated carbocycles. The lowest BCUT2D eigenvalue weighted by Gasteiger charge is -2.33. The number of halogens is 4. The molecule has 41 heavy (non-hydrogen) atoms. The van der Waals surface area contributed by atoms with E-state index in [4.69, 9.17) is 20.9 Å². The number of alkyl halides is 4. The van der Waals surface area contributed by atoms with Crippen LogP contribution in [0.15, 0.2) is 25.3 Å². The number of aromatic nitrogens is 8. The molecule has 16 nitrogen and oxygen atoms in total. The highest BCUT2D eigenvalue weighted by Gasteiger charge is 2.62. The topological polar surface area (TPSA) is 239 Å². The van der Waals surface area contributed by atoms with Gasteiger partial charge in [-0.15, -0.1) is 0 Å². The van der Waals surface area contributed by atoms with Gasteiger partial charge < -0.3 is 41.4 Å². The summed E-state index contributed by atoms with van der Waals surface area (Å²) in [6.07, 6.45) is -19.6. The number of aliphatic hydroxyl groups excluding tert-OH is 4. The van der Waals surface area contributed by atoms with Crippen LogP contribution < -0.4 is 11.5 Å². The van der Waals surface area contributed by atoms with Crippen LogP contribution in [0.25, 0.3) is 22.3 Å². The standard InChI is InChI=1S/C21H22F4N10O6/c22-5-9(36)19(34-3-32-7-15(26)28-1-30-17(7)34)40-11(5)13(38)21(24,25)14(39)12-6(23)10(37)20(41-12)35-4-33-8-16(27)29-2-31-18(8)35/h1-6,9-14,19-20,36-39H,(H2,26,28,30)(H2,27,29,31)/t5-,6-,9+,10+,11-,12-,13?,14?,19+,20+/m0/s1. The van der Waals surface area contributed by atoms with Crippen LogP contribution in [0, 0.1) is 0 Å². The third-order valence-corrected chi connectivity index (χ3v) is 7.19. The lowest BCUT2D eigenvalue weighted by Crippen LogP contribution is -2.58. The third kappa shape index (κ3) is 4.05. The molecule has 4 aromatic rings. The molecule has 0 amide bonds. The van der Waals surface area contributed by atoms with Crippen molar-refractivity contribution in [3.05, 3.63) is 25.3 Å². The van der Waals surface area contributed by atoms with E-state index in [1.54, 1.807) is 0 Å². The Morgan fingerprint density at radius 3 is 1.51 bits per heavy atom. The van der Waals surface area contributed by atoms with Crippen LogP contribution in [-0.4, -0.2) is 114 Å². The number of nitrogens with two attached hydrogens (primary N) is 2. The maximum atomic E-state index is 15.4. The van der Waals surface area contributed by atoms with Gasteiger partial charge in [-0.1, -0.05) is 0 Å². The highest BCUT2D eigenvalue weighted by Crippen LogP contribution is 2.43. The quantitative estimate of drug-likeness (QED) is 0.139. The maximum Gasteiger partial charge on any atom is 0.303 e. The Hall–Kier alpha value is -3.82. The summed E-state index contributed by atoms with van der Waals surface area (Å²) in [4.78, 5) is 23.2. The second-order valence-corrected chi connectivity index (χ2v) is 9.58. The molecule has 2 aliphatic heterocycles. The van der Waals surface area contributed by atoms with Crippen LogP contribution in [0.2, 0.25) is 0 Å². The minimum absolute atomic E-state index is 0.0191. The number of nitrogens with zero attached hydrogens (tertiary/aromatic N) is 8. The van der Waals surface area contributed by atoms with Gasteiger partial charge in [-0.25, -0.2) is 47.5 Å². The lowest BCUT2D eigenvalue weighted by molar-refractivity contribution is -0.243. The number of hydrogen-bond acceptors (Lipinski definition) is 14. The van der Waals surface area contributed by atoms with E-state index >= 15 is 17.6 Å². The Kier molecular flexibility index (Phi) is 6.43. The van der Waals surface area contributed by atoms with Gasteiger partial charge in [0.25, 0.3) is 0 Å². The summed E-state index contributed by atoms with van der Waals surface area (Å²) in [6, 6.07) is 0. The summed E-state index contributed by atoms with van der Waals surface area (Å²) in [6.45, 7) is 0. The molecule has 2 saturated heterocycles. The number of fused-ring (bicyclic) bond motifs is 2. The van der Waals surface area contributed by atoms with E-state index in [1.165, 1.54) is 0 Å². The molecule has 6 rings (SSSR count). The Morgan fingerprint density at radius 1 is 0.732 bits per heavy atom. The average molecular weight is 586 g/mol. The summed E-state index contributed by atoms with van der Waals surface area (Å²) in [5, 5.41) is 41.9. The first-order chi connectivity index (χ1) is 19.4. The molecular formula is C21H22F4N10O6. The van der Waals surface area contributed by atoms with Gasteiger partial charge in [0.05, 0.1) is 12.7 Å². The number of ether oxygens (including phenoxy) is 2. The molecule has 0 radical (unpaired) electrons. The minimum atomic E-state index is -4.68. The predicted octanol–water partition coefficient (Wildman–Crippen LogP) is -1.62. The van der Waals surface area contributed by atoms with Crippen LogP contribution >= 0.6 is 0 Å². The average Bonchev–Trinajstić information content (AvgIpc) is 3.70. The number of nitrogen functional groups attached to an aromatic ring is 2. The smallest absolute Gasteiger partial charge is 0.303 e. The van der Waals surface area contributed by atoms with Crippen LogP contribution in [0.5, 0.6) is 0 Å². The van der Waals surface area contributed by atoms with E-state index < -0.39 is 67.3 Å². The minimum Gasteiger partial charge on any atom is -0.385 e. The number of hydrogen-bond donors (Lipinski definition) is 6. The molecule has 0 aliphatic carbocycles. The zero-order valence-corrected chi connectivity index (χ0v) is 20.4. The van der Waals surface area contributed by atoms with Crippen molar-refractivity contribution in [3.8, 4) is 0 Å². The molecule has 4 aromatic heterocycles. The highest BCUT2D eigenvalue weighted by molar-refractivity contribution is 5.81. The largest absolute Gasteiger partial charge is 0.385 e. The van der Waals surface area contributed by atoms with E-state index in [-0.39, 0.29) is 34.0 Å². The van der Waals surface area contributed by atoms with Crippen LogP contribution in [0.4, 0.5) is 29.2 Å². The van der Waals surface area contributed by atoms with Crippen molar-refractivity contribution in [2.75, 3.05) is 11.5 Å². The first kappa shape index (κ1) is 27.4. The van der Waals surface area contributed by atoms with Crippen molar-refractivity contribution < 1.29 is 47.5 Å². The number of rotatable bonds is 6. The van der Waals surface area contributed by atoms with Crippen LogP contribution in [0.3, 0.4) is 0 Å². The van der Waals surface area contributed by atoms with E-state index in [0.29, 0.717) is 0 Å². The first-order valence-electron chi connectivity index (χ1n) is 12.0. The Balaban J connectivity index is 1.23. The summed E-state index contributed by atoms with van der Waals surface area (Å²) in [7, 11) is 0. The van der Waals surface area contributed by atoms with Crippen molar-refractivity contribution in [2.24, 2.45) is 0 Å². The summed E-state index contributed by atoms with van der Waals surface area (Å²) in [5.41, 5.74) is 11.5. The van der Waals surface area contributed by atoms with Crippen LogP contribution in [0.1, 0.15) is 12.5 Å². The van der Waals surface area contributed by atoms with Gasteiger partial charge in [-0.2, -0.15) is 0 Å². The van der Waals surface area contributed by atoms with Gasteiger partial charge in [0, 0.05) is 0 Å². The molecule has 6 heterocycles. The third-order valence-electron chi connectivity index (χ3n) is 7.19. The van der Waals surface area contributed by atoms with Crippen molar-refractivity contribution in [3.63, 3.8) is 0 Å². The van der Waals surface area contributed by atoms with Crippen molar-refractivity contribution in [2.45, 2.75) is 67.3 Å². The van der Waals surface area contributed by atoms with Gasteiger partial charge in [0.1, 0.15) is 60.3 Å². The van der Waals surface area contributed by atoms with Crippen LogP contribution in [-0.2, 0) is 9.47 Å². The summed E-state index contributed by atoms with van der Waals surface area (Å²) >= 11 is 0. The Morgan fingerprint density at radius 2 is 1.12 bits per heavy atom. The van der Waals surface area contributed by atoms with Crippen molar-refractivity contribution >= 4 is 34.0 Å². The zero-order chi connectivity index (χ0) is 29.4.